The molecule has 2 heterocycles. The summed E-state index contributed by atoms with van der Waals surface area (Å²) in [6.07, 6.45) is 1.01. The van der Waals surface area contributed by atoms with Gasteiger partial charge in [0.15, 0.2) is 5.78 Å². The first-order chi connectivity index (χ1) is 12.0. The maximum Gasteiger partial charge on any atom is 0.329 e. The van der Waals surface area contributed by atoms with E-state index in [1.54, 1.807) is 4.90 Å². The largest absolute Gasteiger partial charge is 0.384 e. The van der Waals surface area contributed by atoms with Crippen molar-refractivity contribution in [3.63, 3.8) is 0 Å². The lowest BCUT2D eigenvalue weighted by molar-refractivity contribution is 0.0915. The van der Waals surface area contributed by atoms with Crippen LogP contribution in [0.5, 0.6) is 0 Å². The van der Waals surface area contributed by atoms with Crippen LogP contribution in [0.3, 0.4) is 0 Å². The summed E-state index contributed by atoms with van der Waals surface area (Å²) in [7, 11) is -3.69. The van der Waals surface area contributed by atoms with Crippen molar-refractivity contribution < 1.29 is 13.2 Å². The Labute approximate surface area is 151 Å². The van der Waals surface area contributed by atoms with E-state index in [1.165, 1.54) is 4.57 Å². The number of H-pyrrole nitrogens is 1. The lowest BCUT2D eigenvalue weighted by atomic mass is 10.1. The summed E-state index contributed by atoms with van der Waals surface area (Å²) < 4.78 is 24.2. The zero-order valence-electron chi connectivity index (χ0n) is 14.9. The van der Waals surface area contributed by atoms with Crippen LogP contribution in [0.4, 0.5) is 5.82 Å². The topological polar surface area (TPSA) is 161 Å². The second kappa shape index (κ2) is 7.72. The Morgan fingerprint density at radius 1 is 1.35 bits per heavy atom. The number of piperidine rings is 1. The molecule has 0 aromatic carbocycles. The molecule has 1 saturated heterocycles. The van der Waals surface area contributed by atoms with Crippen LogP contribution < -0.4 is 22.1 Å². The van der Waals surface area contributed by atoms with E-state index < -0.39 is 32.3 Å². The van der Waals surface area contributed by atoms with Gasteiger partial charge in [0.05, 0.1) is 11.8 Å². The molecule has 0 spiro atoms. The van der Waals surface area contributed by atoms with Crippen molar-refractivity contribution in [3.8, 4) is 0 Å². The van der Waals surface area contributed by atoms with Crippen molar-refractivity contribution >= 4 is 21.6 Å². The summed E-state index contributed by atoms with van der Waals surface area (Å²) in [6.45, 7) is 4.48. The Morgan fingerprint density at radius 2 is 2.00 bits per heavy atom. The Kier molecular flexibility index (Phi) is 6.04. The number of aromatic nitrogens is 2. The maximum atomic E-state index is 12.6. The van der Waals surface area contributed by atoms with E-state index in [1.807, 2.05) is 13.8 Å². The van der Waals surface area contributed by atoms with E-state index in [2.05, 4.69) is 4.98 Å². The summed E-state index contributed by atoms with van der Waals surface area (Å²) in [5, 5.41) is 4.45. The molecule has 10 nitrogen and oxygen atoms in total. The molecule has 1 fully saturated rings. The molecule has 0 aliphatic carbocycles. The van der Waals surface area contributed by atoms with E-state index in [-0.39, 0.29) is 36.9 Å². The number of aromatic amines is 1. The molecule has 0 amide bonds. The fourth-order valence-electron chi connectivity index (χ4n) is 3.11. The Bertz CT molecular complexity index is 902. The van der Waals surface area contributed by atoms with Gasteiger partial charge >= 0.3 is 5.69 Å². The number of likely N-dealkylation sites (tertiary alicyclic amines) is 1. The van der Waals surface area contributed by atoms with Crippen molar-refractivity contribution in [2.24, 2.45) is 11.1 Å². The van der Waals surface area contributed by atoms with Crippen molar-refractivity contribution in [1.82, 2.24) is 14.5 Å². The van der Waals surface area contributed by atoms with Crippen LogP contribution in [0.25, 0.3) is 0 Å². The first kappa shape index (κ1) is 20.3. The van der Waals surface area contributed by atoms with Crippen molar-refractivity contribution in [3.05, 3.63) is 26.4 Å². The fraction of sp³-hybridized carbons (Fsp3) is 0.667. The third-order valence-corrected chi connectivity index (χ3v) is 5.67. The first-order valence-electron chi connectivity index (χ1n) is 8.40. The summed E-state index contributed by atoms with van der Waals surface area (Å²) in [4.78, 5) is 40.4. The lowest BCUT2D eigenvalue weighted by Crippen LogP contribution is -2.47. The molecule has 2 rings (SSSR count). The summed E-state index contributed by atoms with van der Waals surface area (Å²) >= 11 is 0. The van der Waals surface area contributed by atoms with Gasteiger partial charge < -0.3 is 5.73 Å². The average Bonchev–Trinajstić information content (AvgIpc) is 2.50. The van der Waals surface area contributed by atoms with Crippen LogP contribution in [0.2, 0.25) is 0 Å². The smallest absolute Gasteiger partial charge is 0.329 e. The van der Waals surface area contributed by atoms with Gasteiger partial charge in [-0.15, -0.1) is 0 Å². The Balaban J connectivity index is 2.27. The van der Waals surface area contributed by atoms with Crippen LogP contribution in [0, 0.1) is 5.92 Å². The van der Waals surface area contributed by atoms with Crippen LogP contribution in [-0.2, 0) is 16.6 Å². The standard InChI is InChI=1S/C15H25N5O5S/c1-9(2)6-20-13(16)12(14(22)18-15(20)23)11(21)8-19-5-3-4-10(7-19)26(17,24)25/h9-10H,3-8,16H2,1-2H3,(H2,17,24,25)(H,18,22,23)/t10-/m1/s1. The fourth-order valence-corrected chi connectivity index (χ4v) is 4.02. The molecule has 26 heavy (non-hydrogen) atoms. The molecule has 1 atom stereocenters. The predicted octanol–water partition coefficient (Wildman–Crippen LogP) is -1.29. The number of carbonyl (C=O) groups excluding carboxylic acids is 1. The van der Waals surface area contributed by atoms with Crippen LogP contribution >= 0.6 is 0 Å². The SMILES string of the molecule is CC(C)Cn1c(N)c(C(=O)CN2CCC[C@@H](S(N)(=O)=O)C2)c(=O)[nH]c1=O. The number of nitrogens with one attached hydrogen (secondary N) is 1. The minimum atomic E-state index is -3.69. The van der Waals surface area contributed by atoms with Crippen LogP contribution in [-0.4, -0.2) is 53.5 Å². The number of primary sulfonamides is 1. The minimum absolute atomic E-state index is 0.0847. The zero-order valence-corrected chi connectivity index (χ0v) is 15.7. The number of sulfonamides is 1. The van der Waals surface area contributed by atoms with E-state index in [0.29, 0.717) is 19.4 Å². The van der Waals surface area contributed by atoms with E-state index >= 15 is 0 Å². The summed E-state index contributed by atoms with van der Waals surface area (Å²) in [6, 6.07) is 0. The number of nitrogens with two attached hydrogens (primary N) is 2. The normalized spacial score (nSPS) is 19.0. The van der Waals surface area contributed by atoms with Gasteiger partial charge in [-0.1, -0.05) is 13.8 Å². The molecule has 0 bridgehead atoms. The highest BCUT2D eigenvalue weighted by Crippen LogP contribution is 2.16. The number of carbonyl (C=O) groups is 1. The van der Waals surface area contributed by atoms with Gasteiger partial charge in [-0.25, -0.2) is 18.4 Å². The van der Waals surface area contributed by atoms with Gasteiger partial charge in [-0.3, -0.25) is 24.0 Å². The number of hydrogen-bond donors (Lipinski definition) is 3. The maximum absolute atomic E-state index is 12.6. The van der Waals surface area contributed by atoms with Gasteiger partial charge in [0, 0.05) is 13.1 Å². The van der Waals surface area contributed by atoms with Gasteiger partial charge in [0.1, 0.15) is 11.4 Å². The summed E-state index contributed by atoms with van der Waals surface area (Å²) in [5.74, 6) is -0.643. The second-order valence-electron chi connectivity index (χ2n) is 7.04. The highest BCUT2D eigenvalue weighted by molar-refractivity contribution is 7.89. The van der Waals surface area contributed by atoms with E-state index in [0.717, 1.165) is 0 Å². The molecule has 1 aromatic rings. The van der Waals surface area contributed by atoms with Crippen LogP contribution in [0.15, 0.2) is 9.59 Å². The average molecular weight is 387 g/mol. The first-order valence-corrected chi connectivity index (χ1v) is 10.0. The molecule has 5 N–H and O–H groups in total. The number of anilines is 1. The molecule has 0 unspecified atom stereocenters. The molecule has 1 aliphatic heterocycles. The van der Waals surface area contributed by atoms with Crippen molar-refractivity contribution in [2.45, 2.75) is 38.5 Å². The van der Waals surface area contributed by atoms with E-state index in [4.69, 9.17) is 10.9 Å². The molecule has 146 valence electrons. The highest BCUT2D eigenvalue weighted by Gasteiger charge is 2.30. The second-order valence-corrected chi connectivity index (χ2v) is 8.88. The van der Waals surface area contributed by atoms with Crippen molar-refractivity contribution in [1.29, 1.82) is 0 Å². The van der Waals surface area contributed by atoms with Crippen LogP contribution in [0.1, 0.15) is 37.0 Å². The Morgan fingerprint density at radius 3 is 2.58 bits per heavy atom. The van der Waals surface area contributed by atoms with Gasteiger partial charge in [-0.2, -0.15) is 0 Å². The predicted molar refractivity (Wildman–Crippen MR) is 97.5 cm³/mol. The summed E-state index contributed by atoms with van der Waals surface area (Å²) in [5.41, 5.74) is 4.15. The molecular weight excluding hydrogens is 362 g/mol. The van der Waals surface area contributed by atoms with Gasteiger partial charge in [0.2, 0.25) is 10.0 Å². The minimum Gasteiger partial charge on any atom is -0.384 e. The highest BCUT2D eigenvalue weighted by atomic mass is 32.2. The molecule has 0 radical (unpaired) electrons. The third kappa shape index (κ3) is 4.59. The number of Topliss-reactive ketones (excluding diaryl/α,β-unsaturated/α-hetero) is 1. The third-order valence-electron chi connectivity index (χ3n) is 4.36. The lowest BCUT2D eigenvalue weighted by Gasteiger charge is -2.30. The molecule has 0 saturated carbocycles. The van der Waals surface area contributed by atoms with Gasteiger partial charge in [0.25, 0.3) is 5.56 Å². The molecular formula is C15H25N5O5S. The quantitative estimate of drug-likeness (QED) is 0.512. The zero-order chi connectivity index (χ0) is 19.6. The van der Waals surface area contributed by atoms with Gasteiger partial charge in [-0.05, 0) is 25.3 Å². The number of rotatable bonds is 6. The molecule has 1 aliphatic rings. The molecule has 1 aromatic heterocycles. The molecule has 11 heteroatoms. The van der Waals surface area contributed by atoms with E-state index in [9.17, 15) is 22.8 Å². The monoisotopic (exact) mass is 387 g/mol. The Hall–Kier alpha value is -1.98. The number of nitrogens with zero attached hydrogens (tertiary/aromatic N) is 2. The number of nitrogen functional groups attached to an aromatic ring is 1. The van der Waals surface area contributed by atoms with Crippen molar-refractivity contribution in [2.75, 3.05) is 25.4 Å². The number of hydrogen-bond acceptors (Lipinski definition) is 7. The number of ketones is 1.